The number of rotatable bonds is 5. The average molecular weight is 363 g/mol. The van der Waals surface area contributed by atoms with Crippen LogP contribution in [0, 0.1) is 17.2 Å². The quantitative estimate of drug-likeness (QED) is 0.651. The molecule has 2 aromatic rings. The summed E-state index contributed by atoms with van der Waals surface area (Å²) in [4.78, 5) is 27.2. The summed E-state index contributed by atoms with van der Waals surface area (Å²) in [5, 5.41) is 12.0. The van der Waals surface area contributed by atoms with Crippen LogP contribution in [0.1, 0.15) is 31.4 Å². The molecule has 1 fully saturated rings. The number of amides is 2. The molecule has 1 aromatic carbocycles. The molecule has 0 saturated carbocycles. The Morgan fingerprint density at radius 2 is 1.67 bits per heavy atom. The van der Waals surface area contributed by atoms with E-state index in [1.54, 1.807) is 17.0 Å². The monoisotopic (exact) mass is 363 g/mol. The summed E-state index contributed by atoms with van der Waals surface area (Å²) in [7, 11) is 0. The smallest absolute Gasteiger partial charge is 0.296 e. The van der Waals surface area contributed by atoms with Gasteiger partial charge in [0.1, 0.15) is 5.92 Å². The van der Waals surface area contributed by atoms with Gasteiger partial charge in [-0.2, -0.15) is 9.83 Å². The van der Waals surface area contributed by atoms with Crippen molar-refractivity contribution in [2.45, 2.75) is 25.8 Å². The van der Waals surface area contributed by atoms with Crippen LogP contribution in [-0.2, 0) is 9.59 Å². The number of anilines is 1. The number of aromatic nitrogens is 1. The SMILES string of the molecule is CCN(CC)c1ccc([C@H]2[C@@H](C#N)C(=O)NC(=O)[C@@H]2[n+]2ccccc2)cc1. The van der Waals surface area contributed by atoms with E-state index in [0.717, 1.165) is 24.3 Å². The maximum Gasteiger partial charge on any atom is 0.296 e. The summed E-state index contributed by atoms with van der Waals surface area (Å²) in [6.07, 6.45) is 3.57. The Bertz CT molecular complexity index is 854. The van der Waals surface area contributed by atoms with Crippen molar-refractivity contribution in [3.05, 3.63) is 60.4 Å². The zero-order valence-electron chi connectivity index (χ0n) is 15.5. The fourth-order valence-electron chi connectivity index (χ4n) is 3.71. The molecule has 6 nitrogen and oxygen atoms in total. The second-order valence-electron chi connectivity index (χ2n) is 6.52. The summed E-state index contributed by atoms with van der Waals surface area (Å²) in [5.41, 5.74) is 1.88. The highest BCUT2D eigenvalue weighted by Gasteiger charge is 2.50. The van der Waals surface area contributed by atoms with E-state index in [9.17, 15) is 14.9 Å². The van der Waals surface area contributed by atoms with Gasteiger partial charge < -0.3 is 4.90 Å². The highest BCUT2D eigenvalue weighted by molar-refractivity contribution is 6.02. The Hall–Kier alpha value is -3.20. The fourth-order valence-corrected chi connectivity index (χ4v) is 3.71. The largest absolute Gasteiger partial charge is 0.372 e. The van der Waals surface area contributed by atoms with Gasteiger partial charge in [-0.05, 0) is 31.5 Å². The standard InChI is InChI=1S/C21H22N4O2/c1-3-24(4-2)16-10-8-15(9-11-16)18-17(14-22)20(26)23-21(27)19(18)25-12-6-5-7-13-25/h5-13,17-19H,3-4H2,1-2H3/p+1/t17-,18+,19-/m1/s1. The van der Waals surface area contributed by atoms with Crippen LogP contribution in [0.15, 0.2) is 54.9 Å². The van der Waals surface area contributed by atoms with Gasteiger partial charge in [-0.3, -0.25) is 14.9 Å². The Labute approximate surface area is 159 Å². The van der Waals surface area contributed by atoms with E-state index in [-0.39, 0.29) is 5.91 Å². The molecule has 1 aliphatic rings. The van der Waals surface area contributed by atoms with E-state index in [1.165, 1.54) is 0 Å². The third-order valence-electron chi connectivity index (χ3n) is 5.10. The lowest BCUT2D eigenvalue weighted by Gasteiger charge is -2.30. The number of hydrogen-bond donors (Lipinski definition) is 1. The number of hydrogen-bond acceptors (Lipinski definition) is 4. The highest BCUT2D eigenvalue weighted by Crippen LogP contribution is 2.36. The number of pyridine rings is 1. The Morgan fingerprint density at radius 3 is 2.22 bits per heavy atom. The molecule has 3 atom stereocenters. The molecule has 3 rings (SSSR count). The third-order valence-corrected chi connectivity index (χ3v) is 5.10. The van der Waals surface area contributed by atoms with E-state index in [2.05, 4.69) is 30.1 Å². The van der Waals surface area contributed by atoms with Gasteiger partial charge in [-0.25, -0.2) is 0 Å². The third kappa shape index (κ3) is 3.54. The number of piperidine rings is 1. The van der Waals surface area contributed by atoms with Gasteiger partial charge in [-0.15, -0.1) is 0 Å². The second kappa shape index (κ2) is 8.00. The van der Waals surface area contributed by atoms with Crippen molar-refractivity contribution in [1.29, 1.82) is 5.26 Å². The number of benzene rings is 1. The van der Waals surface area contributed by atoms with Crippen LogP contribution in [0.5, 0.6) is 0 Å². The number of carbonyl (C=O) groups excluding carboxylic acids is 2. The first-order valence-corrected chi connectivity index (χ1v) is 9.15. The molecule has 1 saturated heterocycles. The zero-order chi connectivity index (χ0) is 19.4. The number of carbonyl (C=O) groups is 2. The molecule has 0 bridgehead atoms. The van der Waals surface area contributed by atoms with Gasteiger partial charge in [0.05, 0.1) is 12.0 Å². The lowest BCUT2D eigenvalue weighted by Crippen LogP contribution is -2.59. The number of nitrogens with zero attached hydrogens (tertiary/aromatic N) is 3. The van der Waals surface area contributed by atoms with Crippen molar-refractivity contribution >= 4 is 17.5 Å². The van der Waals surface area contributed by atoms with Gasteiger partial charge in [0.2, 0.25) is 11.9 Å². The van der Waals surface area contributed by atoms with E-state index in [0.29, 0.717) is 0 Å². The molecule has 2 amide bonds. The van der Waals surface area contributed by atoms with Crippen LogP contribution in [0.3, 0.4) is 0 Å². The van der Waals surface area contributed by atoms with E-state index in [4.69, 9.17) is 0 Å². The van der Waals surface area contributed by atoms with E-state index >= 15 is 0 Å². The predicted molar refractivity (Wildman–Crippen MR) is 101 cm³/mol. The van der Waals surface area contributed by atoms with Crippen molar-refractivity contribution in [2.24, 2.45) is 5.92 Å². The minimum atomic E-state index is -0.931. The lowest BCUT2D eigenvalue weighted by atomic mass is 9.77. The molecule has 138 valence electrons. The van der Waals surface area contributed by atoms with Crippen LogP contribution in [0.4, 0.5) is 5.69 Å². The molecule has 1 N–H and O–H groups in total. The first-order chi connectivity index (χ1) is 13.1. The zero-order valence-corrected chi connectivity index (χ0v) is 15.5. The van der Waals surface area contributed by atoms with Gasteiger partial charge >= 0.3 is 0 Å². The van der Waals surface area contributed by atoms with Gasteiger partial charge in [0, 0.05) is 30.9 Å². The second-order valence-corrected chi connectivity index (χ2v) is 6.52. The number of imide groups is 1. The van der Waals surface area contributed by atoms with Crippen molar-refractivity contribution in [3.63, 3.8) is 0 Å². The summed E-state index contributed by atoms with van der Waals surface area (Å²) in [6.45, 7) is 5.97. The summed E-state index contributed by atoms with van der Waals surface area (Å²) in [6, 6.07) is 14.8. The molecule has 0 aliphatic carbocycles. The molecule has 6 heteroatoms. The van der Waals surface area contributed by atoms with Gasteiger partial charge in [0.15, 0.2) is 12.4 Å². The van der Waals surface area contributed by atoms with Crippen LogP contribution >= 0.6 is 0 Å². The molecule has 27 heavy (non-hydrogen) atoms. The van der Waals surface area contributed by atoms with Gasteiger partial charge in [-0.1, -0.05) is 18.2 Å². The van der Waals surface area contributed by atoms with Crippen LogP contribution < -0.4 is 14.8 Å². The highest BCUT2D eigenvalue weighted by atomic mass is 16.2. The minimum Gasteiger partial charge on any atom is -0.372 e. The first-order valence-electron chi connectivity index (χ1n) is 9.15. The molecular formula is C21H23N4O2+. The minimum absolute atomic E-state index is 0.388. The van der Waals surface area contributed by atoms with E-state index in [1.807, 2.05) is 42.5 Å². The van der Waals surface area contributed by atoms with Crippen LogP contribution in [-0.4, -0.2) is 24.9 Å². The van der Waals surface area contributed by atoms with Crippen molar-refractivity contribution in [1.82, 2.24) is 5.32 Å². The molecule has 1 aromatic heterocycles. The lowest BCUT2D eigenvalue weighted by molar-refractivity contribution is -0.713. The summed E-state index contributed by atoms with van der Waals surface area (Å²) < 4.78 is 1.76. The Balaban J connectivity index is 2.05. The number of nitrogens with one attached hydrogen (secondary N) is 1. The maximum absolute atomic E-state index is 12.6. The molecular weight excluding hydrogens is 340 g/mol. The predicted octanol–water partition coefficient (Wildman–Crippen LogP) is 1.94. The van der Waals surface area contributed by atoms with Crippen molar-refractivity contribution < 1.29 is 14.2 Å². The molecule has 2 heterocycles. The topological polar surface area (TPSA) is 77.1 Å². The van der Waals surface area contributed by atoms with E-state index < -0.39 is 23.8 Å². The molecule has 1 aliphatic heterocycles. The Morgan fingerprint density at radius 1 is 1.04 bits per heavy atom. The van der Waals surface area contributed by atoms with Crippen LogP contribution in [0.25, 0.3) is 0 Å². The first kappa shape index (κ1) is 18.6. The van der Waals surface area contributed by atoms with Crippen molar-refractivity contribution in [3.8, 4) is 6.07 Å². The molecule has 0 radical (unpaired) electrons. The molecule has 0 spiro atoms. The normalized spacial score (nSPS) is 22.0. The average Bonchev–Trinajstić information content (AvgIpc) is 2.69. The Kier molecular flexibility index (Phi) is 5.51. The van der Waals surface area contributed by atoms with Gasteiger partial charge in [0.25, 0.3) is 5.91 Å². The maximum atomic E-state index is 12.6. The summed E-state index contributed by atoms with van der Waals surface area (Å²) in [5.74, 6) is -2.40. The number of nitriles is 1. The van der Waals surface area contributed by atoms with Crippen molar-refractivity contribution in [2.75, 3.05) is 18.0 Å². The fraction of sp³-hybridized carbons (Fsp3) is 0.333. The summed E-state index contributed by atoms with van der Waals surface area (Å²) >= 11 is 0. The molecule has 0 unspecified atom stereocenters. The van der Waals surface area contributed by atoms with Crippen LogP contribution in [0.2, 0.25) is 0 Å².